The van der Waals surface area contributed by atoms with Crippen molar-refractivity contribution in [1.29, 1.82) is 0 Å². The number of anilines is 2. The lowest BCUT2D eigenvalue weighted by Crippen LogP contribution is -2.27. The van der Waals surface area contributed by atoms with Crippen LogP contribution in [0.3, 0.4) is 0 Å². The quantitative estimate of drug-likeness (QED) is 0.192. The topological polar surface area (TPSA) is 132 Å². The Bertz CT molecular complexity index is 1760. The van der Waals surface area contributed by atoms with Gasteiger partial charge in [-0.3, -0.25) is 13.9 Å². The molecular weight excluding hydrogens is 647 g/mol. The molecule has 1 saturated heterocycles. The highest BCUT2D eigenvalue weighted by atomic mass is 32.2. The highest BCUT2D eigenvalue weighted by Crippen LogP contribution is 2.50. The molecule has 1 saturated carbocycles. The van der Waals surface area contributed by atoms with Gasteiger partial charge >= 0.3 is 0 Å². The fourth-order valence-electron chi connectivity index (χ4n) is 7.27. The van der Waals surface area contributed by atoms with Crippen molar-refractivity contribution in [2.75, 3.05) is 28.3 Å². The number of aryl methyl sites for hydroxylation is 1. The summed E-state index contributed by atoms with van der Waals surface area (Å²) in [6, 6.07) is 6.52. The van der Waals surface area contributed by atoms with Crippen molar-refractivity contribution in [2.24, 2.45) is 0 Å². The minimum atomic E-state index is -3.72. The average Bonchev–Trinajstić information content (AvgIpc) is 3.06. The van der Waals surface area contributed by atoms with Gasteiger partial charge in [0.05, 0.1) is 22.8 Å². The number of aromatic nitrogens is 1. The number of sulfonamides is 1. The summed E-state index contributed by atoms with van der Waals surface area (Å²) in [6.07, 6.45) is 9.46. The summed E-state index contributed by atoms with van der Waals surface area (Å²) >= 11 is -2.70. The van der Waals surface area contributed by atoms with Crippen LogP contribution >= 0.6 is 0 Å². The standard InChI is InChI=1S/C34H42F2N4O5S2/c1-2-47(43,44)40-29-19-26(31(20-25(29)21-14-16-37-17-15-21)45-30-13-12-23(35)18-27(30)36)32-24-10-6-7-11-28(24)38-33(34(32)39-46(41)42)22-8-4-3-5-9-22/h12-13,18-22,37,39-40H,2-11,14-17H2,1H3,(H,41,42)/p-1. The third kappa shape index (κ3) is 7.63. The fourth-order valence-corrected chi connectivity index (χ4v) is 8.30. The maximum Gasteiger partial charge on any atom is 0.232 e. The van der Waals surface area contributed by atoms with Crippen molar-refractivity contribution >= 4 is 32.7 Å². The molecule has 0 radical (unpaired) electrons. The SMILES string of the molecule is CCS(=O)(=O)Nc1cc(-c2c3c(nc(C4CCCCC4)c2NS(=O)[O-])CCCC3)c(Oc2ccc(F)cc2F)cc1C1CCNCC1. The molecule has 2 heterocycles. The first-order chi connectivity index (χ1) is 22.6. The predicted octanol–water partition coefficient (Wildman–Crippen LogP) is 7.18. The molecular formula is C34H41F2N4O5S2-. The molecule has 0 bridgehead atoms. The van der Waals surface area contributed by atoms with Gasteiger partial charge in [0.25, 0.3) is 0 Å². The van der Waals surface area contributed by atoms with E-state index in [1.165, 1.54) is 6.07 Å². The zero-order valence-corrected chi connectivity index (χ0v) is 28.1. The largest absolute Gasteiger partial charge is 0.755 e. The van der Waals surface area contributed by atoms with Crippen molar-refractivity contribution in [1.82, 2.24) is 10.3 Å². The first-order valence-electron chi connectivity index (χ1n) is 16.6. The average molecular weight is 688 g/mol. The lowest BCUT2D eigenvalue weighted by atomic mass is 9.81. The first-order valence-corrected chi connectivity index (χ1v) is 19.3. The zero-order valence-electron chi connectivity index (χ0n) is 26.5. The number of piperidine rings is 1. The summed E-state index contributed by atoms with van der Waals surface area (Å²) in [5, 5.41) is 3.34. The van der Waals surface area contributed by atoms with E-state index in [4.69, 9.17) is 9.72 Å². The molecule has 1 atom stereocenters. The van der Waals surface area contributed by atoms with Crippen LogP contribution in [-0.2, 0) is 34.1 Å². The lowest BCUT2D eigenvalue weighted by molar-refractivity contribution is 0.433. The Hall–Kier alpha value is -3.13. The van der Waals surface area contributed by atoms with Crippen LogP contribution in [-0.4, -0.2) is 41.0 Å². The predicted molar refractivity (Wildman–Crippen MR) is 179 cm³/mol. The molecule has 2 fully saturated rings. The molecule has 2 aromatic carbocycles. The molecule has 3 aliphatic rings. The molecule has 1 aromatic heterocycles. The second-order valence-corrected chi connectivity index (χ2v) is 15.4. The summed E-state index contributed by atoms with van der Waals surface area (Å²) in [6.45, 7) is 3.03. The van der Waals surface area contributed by atoms with Crippen LogP contribution in [0.4, 0.5) is 20.2 Å². The summed E-state index contributed by atoms with van der Waals surface area (Å²) in [4.78, 5) is 5.10. The minimum Gasteiger partial charge on any atom is -0.755 e. The highest BCUT2D eigenvalue weighted by molar-refractivity contribution is 7.92. The monoisotopic (exact) mass is 687 g/mol. The molecule has 9 nitrogen and oxygen atoms in total. The lowest BCUT2D eigenvalue weighted by Gasteiger charge is -2.31. The van der Waals surface area contributed by atoms with Crippen molar-refractivity contribution < 1.29 is 30.7 Å². The Morgan fingerprint density at radius 2 is 1.72 bits per heavy atom. The smallest absolute Gasteiger partial charge is 0.232 e. The summed E-state index contributed by atoms with van der Waals surface area (Å²) in [5.74, 6) is -1.78. The molecule has 254 valence electrons. The van der Waals surface area contributed by atoms with E-state index in [2.05, 4.69) is 14.8 Å². The molecule has 0 amide bonds. The number of nitrogens with zero attached hydrogens (tertiary/aromatic N) is 1. The van der Waals surface area contributed by atoms with Gasteiger partial charge in [-0.05, 0) is 113 Å². The molecule has 3 N–H and O–H groups in total. The van der Waals surface area contributed by atoms with E-state index < -0.39 is 32.9 Å². The van der Waals surface area contributed by atoms with Crippen LogP contribution in [0.2, 0.25) is 0 Å². The van der Waals surface area contributed by atoms with E-state index in [0.29, 0.717) is 46.6 Å². The normalized spacial score (nSPS) is 18.4. The van der Waals surface area contributed by atoms with E-state index in [1.807, 2.05) is 0 Å². The van der Waals surface area contributed by atoms with E-state index in [-0.39, 0.29) is 29.1 Å². The Kier molecular flexibility index (Phi) is 10.5. The molecule has 0 spiro atoms. The highest BCUT2D eigenvalue weighted by Gasteiger charge is 2.31. The number of hydrogen-bond acceptors (Lipinski definition) is 7. The van der Waals surface area contributed by atoms with E-state index >= 15 is 4.39 Å². The second kappa shape index (κ2) is 14.6. The van der Waals surface area contributed by atoms with E-state index in [9.17, 15) is 21.6 Å². The van der Waals surface area contributed by atoms with Gasteiger partial charge in [-0.15, -0.1) is 0 Å². The van der Waals surface area contributed by atoms with E-state index in [1.54, 1.807) is 19.1 Å². The van der Waals surface area contributed by atoms with Crippen LogP contribution in [0, 0.1) is 11.6 Å². The van der Waals surface area contributed by atoms with Crippen molar-refractivity contribution in [3.63, 3.8) is 0 Å². The Balaban J connectivity index is 1.66. The van der Waals surface area contributed by atoms with Gasteiger partial charge in [-0.2, -0.15) is 0 Å². The Morgan fingerprint density at radius 1 is 0.979 bits per heavy atom. The third-order valence-corrected chi connectivity index (χ3v) is 11.3. The summed E-state index contributed by atoms with van der Waals surface area (Å²) in [7, 11) is -3.72. The van der Waals surface area contributed by atoms with Crippen molar-refractivity contribution in [3.05, 3.63) is 64.5 Å². The third-order valence-electron chi connectivity index (χ3n) is 9.64. The van der Waals surface area contributed by atoms with Gasteiger partial charge in [0, 0.05) is 40.1 Å². The maximum atomic E-state index is 15.1. The Morgan fingerprint density at radius 3 is 2.43 bits per heavy atom. The van der Waals surface area contributed by atoms with Crippen LogP contribution in [0.1, 0.15) is 99.1 Å². The summed E-state index contributed by atoms with van der Waals surface area (Å²) in [5.41, 5.74) is 4.78. The minimum absolute atomic E-state index is 0.0313. The number of halogens is 2. The van der Waals surface area contributed by atoms with Crippen LogP contribution in [0.25, 0.3) is 11.1 Å². The maximum absolute atomic E-state index is 15.1. The number of ether oxygens (including phenoxy) is 1. The van der Waals surface area contributed by atoms with Crippen LogP contribution < -0.4 is 19.5 Å². The van der Waals surface area contributed by atoms with Gasteiger partial charge in [0.2, 0.25) is 10.0 Å². The molecule has 13 heteroatoms. The van der Waals surface area contributed by atoms with Gasteiger partial charge in [0.15, 0.2) is 11.6 Å². The fraction of sp³-hybridized carbons (Fsp3) is 0.500. The molecule has 1 aliphatic heterocycles. The van der Waals surface area contributed by atoms with Crippen molar-refractivity contribution in [3.8, 4) is 22.6 Å². The van der Waals surface area contributed by atoms with Gasteiger partial charge in [-0.1, -0.05) is 19.3 Å². The molecule has 2 aliphatic carbocycles. The second-order valence-electron chi connectivity index (χ2n) is 12.7. The number of benzene rings is 2. The molecule has 3 aromatic rings. The van der Waals surface area contributed by atoms with Gasteiger partial charge < -0.3 is 19.3 Å². The molecule has 1 unspecified atom stereocenters. The van der Waals surface area contributed by atoms with E-state index in [0.717, 1.165) is 94.3 Å². The number of rotatable bonds is 10. The first kappa shape index (κ1) is 33.8. The Labute approximate surface area is 277 Å². The number of fused-ring (bicyclic) bond motifs is 1. The number of nitrogens with one attached hydrogen (secondary N) is 3. The zero-order chi connectivity index (χ0) is 33.1. The van der Waals surface area contributed by atoms with Crippen LogP contribution in [0.5, 0.6) is 11.5 Å². The van der Waals surface area contributed by atoms with Crippen LogP contribution in [0.15, 0.2) is 30.3 Å². The van der Waals surface area contributed by atoms with Gasteiger partial charge in [-0.25, -0.2) is 17.2 Å². The summed E-state index contributed by atoms with van der Waals surface area (Å²) < 4.78 is 91.8. The number of pyridine rings is 1. The molecule has 6 rings (SSSR count). The number of hydrogen-bond donors (Lipinski definition) is 3. The molecule has 47 heavy (non-hydrogen) atoms. The van der Waals surface area contributed by atoms with Gasteiger partial charge in [0.1, 0.15) is 11.6 Å². The van der Waals surface area contributed by atoms with Crippen molar-refractivity contribution in [2.45, 2.75) is 89.4 Å².